The van der Waals surface area contributed by atoms with Gasteiger partial charge in [-0.25, -0.2) is 4.79 Å². The highest BCUT2D eigenvalue weighted by Gasteiger charge is 2.27. The third kappa shape index (κ3) is 2.99. The number of amides is 1. The van der Waals surface area contributed by atoms with Crippen molar-refractivity contribution in [3.8, 4) is 0 Å². The Morgan fingerprint density at radius 3 is 2.75 bits per heavy atom. The van der Waals surface area contributed by atoms with Crippen molar-refractivity contribution in [2.45, 2.75) is 32.6 Å². The molecule has 1 aromatic rings. The van der Waals surface area contributed by atoms with Crippen molar-refractivity contribution >= 4 is 39.8 Å². The predicted molar refractivity (Wildman–Crippen MR) is 80.8 cm³/mol. The molecule has 6 heteroatoms. The molecule has 4 nitrogen and oxygen atoms in total. The number of hydrogen-bond donors (Lipinski definition) is 1. The summed E-state index contributed by atoms with van der Waals surface area (Å²) in [7, 11) is 1.36. The minimum absolute atomic E-state index is 0.163. The van der Waals surface area contributed by atoms with Crippen molar-refractivity contribution < 1.29 is 14.3 Å². The van der Waals surface area contributed by atoms with Gasteiger partial charge in [0.2, 0.25) is 5.91 Å². The fourth-order valence-electron chi connectivity index (χ4n) is 2.28. The number of rotatable bonds is 4. The van der Waals surface area contributed by atoms with Crippen molar-refractivity contribution in [1.82, 2.24) is 0 Å². The zero-order chi connectivity index (χ0) is 14.7. The molecule has 1 aromatic heterocycles. The standard InChI is InChI=1S/C14H18ClNO3S/c1-8(7-15)12(17)16-13-11(14(18)19-2)9-5-3-4-6-10(9)20-13/h8H,3-7H2,1-2H3,(H,16,17). The van der Waals surface area contributed by atoms with Crippen LogP contribution >= 0.6 is 22.9 Å². The van der Waals surface area contributed by atoms with Gasteiger partial charge < -0.3 is 10.1 Å². The molecule has 1 aliphatic carbocycles. The summed E-state index contributed by atoms with van der Waals surface area (Å²) in [4.78, 5) is 25.2. The molecule has 1 atom stereocenters. The van der Waals surface area contributed by atoms with E-state index in [2.05, 4.69) is 5.32 Å². The Balaban J connectivity index is 2.34. The van der Waals surface area contributed by atoms with Crippen LogP contribution in [0.2, 0.25) is 0 Å². The van der Waals surface area contributed by atoms with E-state index in [0.29, 0.717) is 10.6 Å². The smallest absolute Gasteiger partial charge is 0.341 e. The van der Waals surface area contributed by atoms with Crippen LogP contribution in [0.15, 0.2) is 0 Å². The highest BCUT2D eigenvalue weighted by molar-refractivity contribution is 7.17. The fourth-order valence-corrected chi connectivity index (χ4v) is 3.70. The van der Waals surface area contributed by atoms with Crippen LogP contribution in [0.5, 0.6) is 0 Å². The van der Waals surface area contributed by atoms with Crippen molar-refractivity contribution in [2.24, 2.45) is 5.92 Å². The zero-order valence-corrected chi connectivity index (χ0v) is 13.2. The van der Waals surface area contributed by atoms with E-state index < -0.39 is 0 Å². The van der Waals surface area contributed by atoms with Crippen LogP contribution in [0.4, 0.5) is 5.00 Å². The number of aryl methyl sites for hydroxylation is 1. The van der Waals surface area contributed by atoms with Gasteiger partial charge in [-0.2, -0.15) is 0 Å². The Kier molecular flexibility index (Phi) is 5.05. The first kappa shape index (κ1) is 15.3. The number of hydrogen-bond acceptors (Lipinski definition) is 4. The number of nitrogens with one attached hydrogen (secondary N) is 1. The van der Waals surface area contributed by atoms with E-state index in [1.54, 1.807) is 6.92 Å². The summed E-state index contributed by atoms with van der Waals surface area (Å²) in [5.41, 5.74) is 1.57. The van der Waals surface area contributed by atoms with Crippen LogP contribution in [0.3, 0.4) is 0 Å². The Hall–Kier alpha value is -1.07. The van der Waals surface area contributed by atoms with Gasteiger partial charge in [-0.3, -0.25) is 4.79 Å². The van der Waals surface area contributed by atoms with Crippen LogP contribution in [-0.2, 0) is 22.4 Å². The molecule has 20 heavy (non-hydrogen) atoms. The van der Waals surface area contributed by atoms with Gasteiger partial charge in [0.15, 0.2) is 0 Å². The third-order valence-corrected chi connectivity index (χ3v) is 5.15. The zero-order valence-electron chi connectivity index (χ0n) is 11.6. The molecule has 0 bridgehead atoms. The van der Waals surface area contributed by atoms with E-state index >= 15 is 0 Å². The molecule has 0 spiro atoms. The van der Waals surface area contributed by atoms with Gasteiger partial charge in [0, 0.05) is 16.7 Å². The maximum absolute atomic E-state index is 12.0. The number of thiophene rings is 1. The molecule has 0 aromatic carbocycles. The minimum Gasteiger partial charge on any atom is -0.465 e. The van der Waals surface area contributed by atoms with Crippen LogP contribution in [-0.4, -0.2) is 24.9 Å². The summed E-state index contributed by atoms with van der Waals surface area (Å²) in [6.07, 6.45) is 4.03. The molecule has 2 rings (SSSR count). The van der Waals surface area contributed by atoms with E-state index in [9.17, 15) is 9.59 Å². The molecule has 0 saturated heterocycles. The van der Waals surface area contributed by atoms with Gasteiger partial charge in [0.1, 0.15) is 5.00 Å². The molecule has 0 radical (unpaired) electrons. The number of anilines is 1. The minimum atomic E-state index is -0.377. The van der Waals surface area contributed by atoms with Gasteiger partial charge in [0.05, 0.1) is 12.7 Å². The van der Waals surface area contributed by atoms with E-state index in [1.807, 2.05) is 0 Å². The van der Waals surface area contributed by atoms with Crippen LogP contribution in [0, 0.1) is 5.92 Å². The lowest BCUT2D eigenvalue weighted by Crippen LogP contribution is -2.22. The molecule has 1 amide bonds. The SMILES string of the molecule is COC(=O)c1c(NC(=O)C(C)CCl)sc2c1CCCC2. The molecule has 110 valence electrons. The number of carbonyl (C=O) groups is 2. The van der Waals surface area contributed by atoms with Gasteiger partial charge in [-0.1, -0.05) is 6.92 Å². The lowest BCUT2D eigenvalue weighted by molar-refractivity contribution is -0.118. The van der Waals surface area contributed by atoms with E-state index in [0.717, 1.165) is 31.2 Å². The number of methoxy groups -OCH3 is 1. The highest BCUT2D eigenvalue weighted by Crippen LogP contribution is 2.38. The molecular weight excluding hydrogens is 298 g/mol. The molecule has 0 aliphatic heterocycles. The molecule has 0 fully saturated rings. The van der Waals surface area contributed by atoms with Crippen LogP contribution in [0.25, 0.3) is 0 Å². The quantitative estimate of drug-likeness (QED) is 0.685. The molecule has 1 unspecified atom stereocenters. The summed E-state index contributed by atoms with van der Waals surface area (Å²) >= 11 is 7.18. The van der Waals surface area contributed by atoms with E-state index in [-0.39, 0.29) is 23.7 Å². The average molecular weight is 316 g/mol. The molecule has 1 heterocycles. The normalized spacial score (nSPS) is 15.3. The van der Waals surface area contributed by atoms with Crippen LogP contribution in [0.1, 0.15) is 40.6 Å². The summed E-state index contributed by atoms with van der Waals surface area (Å²) in [5, 5.41) is 3.43. The number of ether oxygens (including phenoxy) is 1. The molecule has 1 aliphatic rings. The first-order valence-corrected chi connectivity index (χ1v) is 8.03. The van der Waals surface area contributed by atoms with Crippen molar-refractivity contribution in [1.29, 1.82) is 0 Å². The summed E-state index contributed by atoms with van der Waals surface area (Å²) < 4.78 is 4.86. The average Bonchev–Trinajstić information content (AvgIpc) is 2.83. The van der Waals surface area contributed by atoms with E-state index in [4.69, 9.17) is 16.3 Å². The summed E-state index contributed by atoms with van der Waals surface area (Å²) in [6.45, 7) is 1.76. The second-order valence-corrected chi connectivity index (χ2v) is 6.36. The first-order valence-electron chi connectivity index (χ1n) is 6.68. The summed E-state index contributed by atoms with van der Waals surface area (Å²) in [6, 6.07) is 0. The number of fused-ring (bicyclic) bond motifs is 1. The Bertz CT molecular complexity index is 527. The van der Waals surface area contributed by atoms with Gasteiger partial charge in [0.25, 0.3) is 0 Å². The number of alkyl halides is 1. The second-order valence-electron chi connectivity index (χ2n) is 4.95. The number of esters is 1. The predicted octanol–water partition coefficient (Wildman–Crippen LogP) is 3.23. The lowest BCUT2D eigenvalue weighted by atomic mass is 9.95. The maximum Gasteiger partial charge on any atom is 0.341 e. The van der Waals surface area contributed by atoms with Crippen molar-refractivity contribution in [2.75, 3.05) is 18.3 Å². The van der Waals surface area contributed by atoms with Crippen molar-refractivity contribution in [3.63, 3.8) is 0 Å². The molecular formula is C14H18ClNO3S. The number of halogens is 1. The topological polar surface area (TPSA) is 55.4 Å². The molecule has 1 N–H and O–H groups in total. The maximum atomic E-state index is 12.0. The van der Waals surface area contributed by atoms with Gasteiger partial charge >= 0.3 is 5.97 Å². The Labute approximate surface area is 127 Å². The van der Waals surface area contributed by atoms with E-state index in [1.165, 1.54) is 23.3 Å². The third-order valence-electron chi connectivity index (χ3n) is 3.48. The van der Waals surface area contributed by atoms with Crippen LogP contribution < -0.4 is 5.32 Å². The first-order chi connectivity index (χ1) is 9.58. The van der Waals surface area contributed by atoms with Crippen molar-refractivity contribution in [3.05, 3.63) is 16.0 Å². The highest BCUT2D eigenvalue weighted by atomic mass is 35.5. The number of carbonyl (C=O) groups excluding carboxylic acids is 2. The lowest BCUT2D eigenvalue weighted by Gasteiger charge is -2.12. The van der Waals surface area contributed by atoms with Gasteiger partial charge in [-0.15, -0.1) is 22.9 Å². The Morgan fingerprint density at radius 2 is 2.10 bits per heavy atom. The monoisotopic (exact) mass is 315 g/mol. The summed E-state index contributed by atoms with van der Waals surface area (Å²) in [5.74, 6) is -0.576. The molecule has 0 saturated carbocycles. The second kappa shape index (κ2) is 6.59. The largest absolute Gasteiger partial charge is 0.465 e. The fraction of sp³-hybridized carbons (Fsp3) is 0.571. The van der Waals surface area contributed by atoms with Gasteiger partial charge in [-0.05, 0) is 31.2 Å². The Morgan fingerprint density at radius 1 is 1.40 bits per heavy atom.